The SMILES string of the molecule is C/C=C(/COc1ccc(N)cc1)C(=O)OCC. The number of allylic oxidation sites excluding steroid dienone is 1. The zero-order valence-electron chi connectivity index (χ0n) is 10.1. The predicted octanol–water partition coefficient (Wildman–Crippen LogP) is 2.16. The topological polar surface area (TPSA) is 61.5 Å². The minimum absolute atomic E-state index is 0.194. The fourth-order valence-electron chi connectivity index (χ4n) is 1.21. The van der Waals surface area contributed by atoms with Crippen LogP contribution < -0.4 is 10.5 Å². The van der Waals surface area contributed by atoms with Crippen molar-refractivity contribution in [3.63, 3.8) is 0 Å². The second kappa shape index (κ2) is 6.58. The monoisotopic (exact) mass is 235 g/mol. The molecule has 0 saturated carbocycles. The molecule has 0 heterocycles. The van der Waals surface area contributed by atoms with Crippen LogP contribution in [0.25, 0.3) is 0 Å². The minimum Gasteiger partial charge on any atom is -0.489 e. The molecule has 0 unspecified atom stereocenters. The maximum atomic E-state index is 11.5. The summed E-state index contributed by atoms with van der Waals surface area (Å²) in [6.07, 6.45) is 1.69. The molecule has 0 atom stereocenters. The average molecular weight is 235 g/mol. The van der Waals surface area contributed by atoms with E-state index in [4.69, 9.17) is 15.2 Å². The summed E-state index contributed by atoms with van der Waals surface area (Å²) in [7, 11) is 0. The van der Waals surface area contributed by atoms with Crippen LogP contribution in [0.4, 0.5) is 5.69 Å². The number of nitrogens with two attached hydrogens (primary N) is 1. The summed E-state index contributed by atoms with van der Waals surface area (Å²) in [6.45, 7) is 4.10. The molecule has 0 aliphatic carbocycles. The van der Waals surface area contributed by atoms with E-state index in [1.54, 1.807) is 44.2 Å². The average Bonchev–Trinajstić information content (AvgIpc) is 2.32. The molecule has 0 aliphatic heterocycles. The van der Waals surface area contributed by atoms with Crippen molar-refractivity contribution in [3.8, 4) is 5.75 Å². The Morgan fingerprint density at radius 2 is 2.00 bits per heavy atom. The molecule has 0 spiro atoms. The number of carbonyl (C=O) groups is 1. The first-order valence-corrected chi connectivity index (χ1v) is 5.48. The highest BCUT2D eigenvalue weighted by Crippen LogP contribution is 2.14. The third-order valence-corrected chi connectivity index (χ3v) is 2.16. The molecule has 1 aromatic rings. The maximum absolute atomic E-state index is 11.5. The van der Waals surface area contributed by atoms with E-state index in [2.05, 4.69) is 0 Å². The number of ether oxygens (including phenoxy) is 2. The lowest BCUT2D eigenvalue weighted by atomic mass is 10.2. The van der Waals surface area contributed by atoms with Gasteiger partial charge in [-0.3, -0.25) is 0 Å². The van der Waals surface area contributed by atoms with Gasteiger partial charge in [0.2, 0.25) is 0 Å². The van der Waals surface area contributed by atoms with Gasteiger partial charge >= 0.3 is 5.97 Å². The summed E-state index contributed by atoms with van der Waals surface area (Å²) in [4.78, 5) is 11.5. The molecule has 92 valence electrons. The smallest absolute Gasteiger partial charge is 0.337 e. The van der Waals surface area contributed by atoms with Gasteiger partial charge in [-0.15, -0.1) is 0 Å². The largest absolute Gasteiger partial charge is 0.489 e. The fraction of sp³-hybridized carbons (Fsp3) is 0.308. The Balaban J connectivity index is 2.54. The highest BCUT2D eigenvalue weighted by Gasteiger charge is 2.09. The maximum Gasteiger partial charge on any atom is 0.337 e. The van der Waals surface area contributed by atoms with Crippen LogP contribution in [0.3, 0.4) is 0 Å². The Hall–Kier alpha value is -1.97. The Kier molecular flexibility index (Phi) is 5.07. The second-order valence-corrected chi connectivity index (χ2v) is 3.39. The highest BCUT2D eigenvalue weighted by atomic mass is 16.5. The first kappa shape index (κ1) is 13.1. The van der Waals surface area contributed by atoms with Crippen LogP contribution in [0.1, 0.15) is 13.8 Å². The molecule has 4 heteroatoms. The molecule has 1 rings (SSSR count). The number of carbonyl (C=O) groups excluding carboxylic acids is 1. The quantitative estimate of drug-likeness (QED) is 0.482. The van der Waals surface area contributed by atoms with E-state index in [9.17, 15) is 4.79 Å². The number of nitrogen functional groups attached to an aromatic ring is 1. The van der Waals surface area contributed by atoms with Crippen LogP contribution >= 0.6 is 0 Å². The Labute approximate surface area is 101 Å². The van der Waals surface area contributed by atoms with Crippen LogP contribution in [-0.2, 0) is 9.53 Å². The molecule has 0 aromatic heterocycles. The van der Waals surface area contributed by atoms with Gasteiger partial charge in [-0.1, -0.05) is 6.08 Å². The van der Waals surface area contributed by atoms with Gasteiger partial charge in [-0.2, -0.15) is 0 Å². The van der Waals surface area contributed by atoms with E-state index in [0.717, 1.165) is 0 Å². The Morgan fingerprint density at radius 1 is 1.35 bits per heavy atom. The number of anilines is 1. The normalized spacial score (nSPS) is 11.1. The predicted molar refractivity (Wildman–Crippen MR) is 66.7 cm³/mol. The van der Waals surface area contributed by atoms with Crippen molar-refractivity contribution in [1.29, 1.82) is 0 Å². The van der Waals surface area contributed by atoms with E-state index < -0.39 is 0 Å². The highest BCUT2D eigenvalue weighted by molar-refractivity contribution is 5.88. The lowest BCUT2D eigenvalue weighted by Crippen LogP contribution is -2.14. The molecule has 2 N–H and O–H groups in total. The summed E-state index contributed by atoms with van der Waals surface area (Å²) in [6, 6.07) is 7.01. The second-order valence-electron chi connectivity index (χ2n) is 3.39. The molecular formula is C13H17NO3. The first-order chi connectivity index (χ1) is 8.17. The zero-order valence-corrected chi connectivity index (χ0v) is 10.1. The summed E-state index contributed by atoms with van der Waals surface area (Å²) in [5.41, 5.74) is 6.73. The number of benzene rings is 1. The van der Waals surface area contributed by atoms with Crippen molar-refractivity contribution >= 4 is 11.7 Å². The molecule has 0 bridgehead atoms. The molecule has 4 nitrogen and oxygen atoms in total. The number of hydrogen-bond donors (Lipinski definition) is 1. The van der Waals surface area contributed by atoms with Gasteiger partial charge in [0.1, 0.15) is 12.4 Å². The standard InChI is InChI=1S/C13H17NO3/c1-3-10(13(15)16-4-2)9-17-12-7-5-11(14)6-8-12/h3,5-8H,4,9,14H2,1-2H3/b10-3-. The van der Waals surface area contributed by atoms with E-state index in [-0.39, 0.29) is 12.6 Å². The molecule has 0 aliphatic rings. The van der Waals surface area contributed by atoms with Crippen molar-refractivity contribution in [3.05, 3.63) is 35.9 Å². The lowest BCUT2D eigenvalue weighted by molar-refractivity contribution is -0.138. The van der Waals surface area contributed by atoms with E-state index in [1.165, 1.54) is 0 Å². The Bertz CT molecular complexity index is 396. The Morgan fingerprint density at radius 3 is 2.53 bits per heavy atom. The first-order valence-electron chi connectivity index (χ1n) is 5.48. The zero-order chi connectivity index (χ0) is 12.7. The van der Waals surface area contributed by atoms with Crippen LogP contribution in [0.5, 0.6) is 5.75 Å². The van der Waals surface area contributed by atoms with Crippen molar-refractivity contribution in [2.24, 2.45) is 0 Å². The minimum atomic E-state index is -0.342. The third-order valence-electron chi connectivity index (χ3n) is 2.16. The fourth-order valence-corrected chi connectivity index (χ4v) is 1.21. The van der Waals surface area contributed by atoms with E-state index in [0.29, 0.717) is 23.6 Å². The van der Waals surface area contributed by atoms with Gasteiger partial charge in [-0.05, 0) is 38.1 Å². The lowest BCUT2D eigenvalue weighted by Gasteiger charge is -2.09. The van der Waals surface area contributed by atoms with Gasteiger partial charge < -0.3 is 15.2 Å². The van der Waals surface area contributed by atoms with Crippen LogP contribution in [0.15, 0.2) is 35.9 Å². The molecule has 17 heavy (non-hydrogen) atoms. The third kappa shape index (κ3) is 4.18. The van der Waals surface area contributed by atoms with Crippen LogP contribution in [0.2, 0.25) is 0 Å². The van der Waals surface area contributed by atoms with E-state index in [1.807, 2.05) is 0 Å². The van der Waals surface area contributed by atoms with Gasteiger partial charge in [0.25, 0.3) is 0 Å². The summed E-state index contributed by atoms with van der Waals surface area (Å²) < 4.78 is 10.4. The molecule has 0 fully saturated rings. The molecule has 0 radical (unpaired) electrons. The number of rotatable bonds is 5. The van der Waals surface area contributed by atoms with Gasteiger partial charge in [0.05, 0.1) is 12.2 Å². The van der Waals surface area contributed by atoms with Gasteiger partial charge in [0.15, 0.2) is 0 Å². The van der Waals surface area contributed by atoms with Crippen molar-refractivity contribution in [2.45, 2.75) is 13.8 Å². The van der Waals surface area contributed by atoms with E-state index >= 15 is 0 Å². The number of esters is 1. The van der Waals surface area contributed by atoms with Crippen LogP contribution in [-0.4, -0.2) is 19.2 Å². The van der Waals surface area contributed by atoms with Gasteiger partial charge in [-0.25, -0.2) is 4.79 Å². The summed E-state index contributed by atoms with van der Waals surface area (Å²) >= 11 is 0. The molecule has 0 saturated heterocycles. The van der Waals surface area contributed by atoms with Crippen molar-refractivity contribution < 1.29 is 14.3 Å². The van der Waals surface area contributed by atoms with Crippen molar-refractivity contribution in [2.75, 3.05) is 18.9 Å². The summed E-state index contributed by atoms with van der Waals surface area (Å²) in [5, 5.41) is 0. The molecule has 1 aromatic carbocycles. The summed E-state index contributed by atoms with van der Waals surface area (Å²) in [5.74, 6) is 0.327. The van der Waals surface area contributed by atoms with Crippen molar-refractivity contribution in [1.82, 2.24) is 0 Å². The molecular weight excluding hydrogens is 218 g/mol. The van der Waals surface area contributed by atoms with Gasteiger partial charge in [0, 0.05) is 5.69 Å². The molecule has 0 amide bonds. The number of hydrogen-bond acceptors (Lipinski definition) is 4. The van der Waals surface area contributed by atoms with Crippen LogP contribution in [0, 0.1) is 0 Å².